The number of halogens is 1. The number of hydrogen-bond acceptors (Lipinski definition) is 3. The van der Waals surface area contributed by atoms with Crippen LogP contribution in [0.3, 0.4) is 0 Å². The molecule has 0 N–H and O–H groups in total. The van der Waals surface area contributed by atoms with Crippen LogP contribution in [0.25, 0.3) is 77.2 Å². The van der Waals surface area contributed by atoms with Gasteiger partial charge in [0.2, 0.25) is 0 Å². The lowest BCUT2D eigenvalue weighted by molar-refractivity contribution is 0.415. The fourth-order valence-corrected chi connectivity index (χ4v) is 8.41. The molecule has 0 aromatic heterocycles. The molecule has 0 spiro atoms. The van der Waals surface area contributed by atoms with Gasteiger partial charge in [-0.2, -0.15) is 0 Å². The van der Waals surface area contributed by atoms with E-state index in [1.54, 1.807) is 0 Å². The highest BCUT2D eigenvalue weighted by atomic mass is 35.7. The Hall–Kier alpha value is -5.60. The molecule has 9 rings (SSSR count). The lowest BCUT2D eigenvalue weighted by Crippen LogP contribution is -1.96. The van der Waals surface area contributed by atoms with Crippen LogP contribution in [-0.2, 0) is 4.57 Å². The molecular weight excluding hydrogens is 643 g/mol. The first kappa shape index (κ1) is 29.5. The summed E-state index contributed by atoms with van der Waals surface area (Å²) >= 11 is 6.94. The quantitative estimate of drug-likeness (QED) is 0.175. The minimum atomic E-state index is -4.28. The minimum absolute atomic E-state index is 0.432. The standard InChI is InChI=1S/C44H28ClO3P/c45-49(46)47-43-39-33(23-13-25-35(39)29-15-5-1-6-16-29)27-37(31-19-9-3-10-20-31)41(43)42-38(32-21-11-4-12-22-32)28-34-24-14-26-36(40(34)44(42)48-49)30-17-7-2-8-18-30/h1-28H. The molecule has 0 radical (unpaired) electrons. The average Bonchev–Trinajstić information content (AvgIpc) is 3.28. The molecule has 0 amide bonds. The van der Waals surface area contributed by atoms with Crippen molar-refractivity contribution in [3.05, 3.63) is 170 Å². The predicted molar refractivity (Wildman–Crippen MR) is 203 cm³/mol. The van der Waals surface area contributed by atoms with Gasteiger partial charge in [-0.05, 0) is 67.4 Å². The molecule has 0 saturated heterocycles. The zero-order valence-electron chi connectivity index (χ0n) is 26.2. The fourth-order valence-electron chi connectivity index (χ4n) is 7.16. The van der Waals surface area contributed by atoms with Gasteiger partial charge in [0.25, 0.3) is 0 Å². The summed E-state index contributed by atoms with van der Waals surface area (Å²) < 4.78 is 27.7. The Morgan fingerprint density at radius 3 is 1.06 bits per heavy atom. The van der Waals surface area contributed by atoms with E-state index in [1.807, 2.05) is 84.9 Å². The highest BCUT2D eigenvalue weighted by Crippen LogP contribution is 2.65. The maximum absolute atomic E-state index is 14.6. The second-order valence-electron chi connectivity index (χ2n) is 12.1. The predicted octanol–water partition coefficient (Wildman–Crippen LogP) is 13.4. The molecule has 8 aromatic rings. The number of hydrogen-bond donors (Lipinski definition) is 0. The van der Waals surface area contributed by atoms with E-state index in [0.717, 1.165) is 77.2 Å². The van der Waals surface area contributed by atoms with Gasteiger partial charge in [0.05, 0.1) is 0 Å². The summed E-state index contributed by atoms with van der Waals surface area (Å²) in [4.78, 5) is 0. The minimum Gasteiger partial charge on any atom is -0.403 e. The zero-order valence-corrected chi connectivity index (χ0v) is 27.9. The Balaban J connectivity index is 1.53. The van der Waals surface area contributed by atoms with Crippen LogP contribution >= 0.6 is 18.2 Å². The van der Waals surface area contributed by atoms with Crippen molar-refractivity contribution in [3.63, 3.8) is 0 Å². The summed E-state index contributed by atoms with van der Waals surface area (Å²) in [6.07, 6.45) is 0. The van der Waals surface area contributed by atoms with E-state index in [-0.39, 0.29) is 0 Å². The van der Waals surface area contributed by atoms with Gasteiger partial charge >= 0.3 is 6.95 Å². The molecule has 0 unspecified atom stereocenters. The third kappa shape index (κ3) is 5.11. The fraction of sp³-hybridized carbons (Fsp3) is 0. The molecule has 8 aromatic carbocycles. The van der Waals surface area contributed by atoms with Crippen molar-refractivity contribution in [1.29, 1.82) is 0 Å². The average molecular weight is 671 g/mol. The van der Waals surface area contributed by atoms with E-state index in [1.165, 1.54) is 0 Å². The van der Waals surface area contributed by atoms with Crippen LogP contribution in [0, 0.1) is 0 Å². The monoisotopic (exact) mass is 670 g/mol. The van der Waals surface area contributed by atoms with Crippen LogP contribution in [0.2, 0.25) is 0 Å². The molecule has 3 nitrogen and oxygen atoms in total. The zero-order chi connectivity index (χ0) is 33.0. The molecule has 1 aliphatic rings. The number of rotatable bonds is 4. The van der Waals surface area contributed by atoms with Gasteiger partial charge in [-0.15, -0.1) is 0 Å². The molecule has 0 aliphatic carbocycles. The first-order valence-electron chi connectivity index (χ1n) is 16.2. The first-order chi connectivity index (χ1) is 24.1. The normalized spacial score (nSPS) is 13.2. The smallest absolute Gasteiger partial charge is 0.403 e. The van der Waals surface area contributed by atoms with E-state index in [9.17, 15) is 4.57 Å². The first-order valence-corrected chi connectivity index (χ1v) is 18.6. The van der Waals surface area contributed by atoms with Gasteiger partial charge < -0.3 is 9.05 Å². The van der Waals surface area contributed by atoms with Gasteiger partial charge in [0, 0.05) is 33.1 Å². The Labute approximate surface area is 289 Å². The lowest BCUT2D eigenvalue weighted by atomic mass is 9.82. The van der Waals surface area contributed by atoms with Crippen molar-refractivity contribution in [2.24, 2.45) is 0 Å². The molecule has 234 valence electrons. The second-order valence-corrected chi connectivity index (χ2v) is 14.6. The van der Waals surface area contributed by atoms with Crippen molar-refractivity contribution in [2.45, 2.75) is 0 Å². The van der Waals surface area contributed by atoms with Crippen molar-refractivity contribution in [2.75, 3.05) is 0 Å². The van der Waals surface area contributed by atoms with Crippen LogP contribution in [-0.4, -0.2) is 0 Å². The number of benzene rings is 8. The van der Waals surface area contributed by atoms with Crippen molar-refractivity contribution < 1.29 is 13.6 Å². The lowest BCUT2D eigenvalue weighted by Gasteiger charge is -2.22. The number of fused-ring (bicyclic) bond motifs is 7. The SMILES string of the molecule is O=P1(Cl)Oc2c(c(-c3ccccc3)cc3cccc(-c4ccccc4)c23)-c2c(-c3ccccc3)cc3cccc(-c4ccccc4)c3c2O1. The summed E-state index contributed by atoms with van der Waals surface area (Å²) in [6, 6.07) is 57.6. The van der Waals surface area contributed by atoms with Crippen molar-refractivity contribution in [1.82, 2.24) is 0 Å². The van der Waals surface area contributed by atoms with Crippen LogP contribution in [0.4, 0.5) is 0 Å². The van der Waals surface area contributed by atoms with Crippen LogP contribution in [0.5, 0.6) is 11.5 Å². The molecule has 0 fully saturated rings. The van der Waals surface area contributed by atoms with E-state index in [4.69, 9.17) is 20.3 Å². The summed E-state index contributed by atoms with van der Waals surface area (Å²) in [5.74, 6) is 0.864. The molecule has 49 heavy (non-hydrogen) atoms. The second kappa shape index (κ2) is 11.8. The Kier molecular flexibility index (Phi) is 7.13. The van der Waals surface area contributed by atoms with Gasteiger partial charge in [-0.3, -0.25) is 0 Å². The molecular formula is C44H28ClO3P. The van der Waals surface area contributed by atoms with Crippen molar-refractivity contribution >= 4 is 39.7 Å². The van der Waals surface area contributed by atoms with Crippen LogP contribution in [0.1, 0.15) is 0 Å². The van der Waals surface area contributed by atoms with E-state index < -0.39 is 6.95 Å². The highest BCUT2D eigenvalue weighted by Gasteiger charge is 2.38. The highest BCUT2D eigenvalue weighted by molar-refractivity contribution is 7.82. The molecule has 0 saturated carbocycles. The third-order valence-corrected chi connectivity index (χ3v) is 10.4. The summed E-state index contributed by atoms with van der Waals surface area (Å²) in [5, 5.41) is 3.50. The maximum Gasteiger partial charge on any atom is 0.530 e. The Morgan fingerprint density at radius 1 is 0.388 bits per heavy atom. The van der Waals surface area contributed by atoms with Gasteiger partial charge in [0.1, 0.15) is 11.5 Å². The molecule has 1 aliphatic heterocycles. The largest absolute Gasteiger partial charge is 0.530 e. The van der Waals surface area contributed by atoms with E-state index in [0.29, 0.717) is 11.5 Å². The topological polar surface area (TPSA) is 35.5 Å². The Morgan fingerprint density at radius 2 is 0.714 bits per heavy atom. The van der Waals surface area contributed by atoms with Gasteiger partial charge in [0.15, 0.2) is 0 Å². The van der Waals surface area contributed by atoms with Crippen LogP contribution in [0.15, 0.2) is 170 Å². The maximum atomic E-state index is 14.6. The summed E-state index contributed by atoms with van der Waals surface area (Å²) in [5.41, 5.74) is 9.28. The van der Waals surface area contributed by atoms with Crippen LogP contribution < -0.4 is 9.05 Å². The molecule has 0 bridgehead atoms. The van der Waals surface area contributed by atoms with E-state index >= 15 is 0 Å². The molecule has 5 heteroatoms. The van der Waals surface area contributed by atoms with Gasteiger partial charge in [-0.1, -0.05) is 158 Å². The van der Waals surface area contributed by atoms with Gasteiger partial charge in [-0.25, -0.2) is 4.57 Å². The summed E-state index contributed by atoms with van der Waals surface area (Å²) in [7, 11) is 0. The van der Waals surface area contributed by atoms with Crippen molar-refractivity contribution in [3.8, 4) is 67.1 Å². The molecule has 1 heterocycles. The summed E-state index contributed by atoms with van der Waals surface area (Å²) in [6.45, 7) is -4.28. The molecule has 0 atom stereocenters. The third-order valence-electron chi connectivity index (χ3n) is 9.23. The Bertz CT molecular complexity index is 2390. The van der Waals surface area contributed by atoms with E-state index in [2.05, 4.69) is 84.9 Å².